The number of carboxylic acids is 1. The third-order valence-corrected chi connectivity index (χ3v) is 0.769. The van der Waals surface area contributed by atoms with Gasteiger partial charge in [0.05, 0.1) is 0 Å². The predicted octanol–water partition coefficient (Wildman–Crippen LogP) is 0.388. The van der Waals surface area contributed by atoms with Crippen LogP contribution in [0.15, 0.2) is 0 Å². The summed E-state index contributed by atoms with van der Waals surface area (Å²) in [7, 11) is 0. The molecule has 3 nitrogen and oxygen atoms in total. The molecule has 0 saturated carbocycles. The zero-order valence-corrected chi connectivity index (χ0v) is 4.93. The normalized spacial score (nSPS) is 12.7. The summed E-state index contributed by atoms with van der Waals surface area (Å²) in [6.07, 6.45) is -2.39. The van der Waals surface area contributed by atoms with Crippen molar-refractivity contribution in [1.29, 1.82) is 0 Å². The van der Waals surface area contributed by atoms with E-state index in [0.29, 0.717) is 0 Å². The highest BCUT2D eigenvalue weighted by Crippen LogP contribution is 1.94. The molecule has 0 saturated heterocycles. The van der Waals surface area contributed by atoms with Gasteiger partial charge in [0.25, 0.3) is 0 Å². The highest BCUT2D eigenvalue weighted by Gasteiger charge is 2.13. The van der Waals surface area contributed by atoms with Crippen LogP contribution >= 0.6 is 0 Å². The van der Waals surface area contributed by atoms with Gasteiger partial charge in [-0.3, -0.25) is 9.59 Å². The van der Waals surface area contributed by atoms with Crippen LogP contribution in [0.3, 0.4) is 0 Å². The van der Waals surface area contributed by atoms with Gasteiger partial charge < -0.3 is 5.11 Å². The van der Waals surface area contributed by atoms with E-state index in [9.17, 15) is 14.0 Å². The smallest absolute Gasteiger partial charge is 0.310 e. The minimum absolute atomic E-state index is 0.725. The molecule has 0 aromatic carbocycles. The van der Waals surface area contributed by atoms with Gasteiger partial charge in [0.1, 0.15) is 6.42 Å². The van der Waals surface area contributed by atoms with E-state index in [2.05, 4.69) is 0 Å². The lowest BCUT2D eigenvalue weighted by atomic mass is 10.2. The second kappa shape index (κ2) is 3.17. The van der Waals surface area contributed by atoms with E-state index in [1.54, 1.807) is 0 Å². The lowest BCUT2D eigenvalue weighted by Gasteiger charge is -1.94. The van der Waals surface area contributed by atoms with Gasteiger partial charge in [-0.15, -0.1) is 0 Å². The van der Waals surface area contributed by atoms with Crippen LogP contribution in [0.1, 0.15) is 13.3 Å². The molecule has 0 aliphatic carbocycles. The second-order valence-electron chi connectivity index (χ2n) is 1.65. The molecule has 0 radical (unpaired) electrons. The van der Waals surface area contributed by atoms with Crippen molar-refractivity contribution < 1.29 is 19.1 Å². The Labute approximate surface area is 51.5 Å². The summed E-state index contributed by atoms with van der Waals surface area (Å²) in [5.74, 6) is -2.17. The van der Waals surface area contributed by atoms with Crippen LogP contribution in [-0.2, 0) is 9.59 Å². The van der Waals surface area contributed by atoms with Crippen LogP contribution in [0.25, 0.3) is 0 Å². The molecule has 4 heteroatoms. The number of alkyl halides is 1. The van der Waals surface area contributed by atoms with Gasteiger partial charge in [-0.1, -0.05) is 0 Å². The number of Topliss-reactive ketones (excluding diaryl/α,β-unsaturated/α-hetero) is 1. The molecular weight excluding hydrogens is 127 g/mol. The topological polar surface area (TPSA) is 54.4 Å². The van der Waals surface area contributed by atoms with E-state index in [0.717, 1.165) is 6.92 Å². The summed E-state index contributed by atoms with van der Waals surface area (Å²) in [4.78, 5) is 19.9. The summed E-state index contributed by atoms with van der Waals surface area (Å²) < 4.78 is 11.8. The second-order valence-corrected chi connectivity index (χ2v) is 1.65. The Morgan fingerprint density at radius 2 is 2.11 bits per heavy atom. The quantitative estimate of drug-likeness (QED) is 0.568. The first-order chi connectivity index (χ1) is 4.04. The van der Waals surface area contributed by atoms with Crippen molar-refractivity contribution in [2.75, 3.05) is 0 Å². The summed E-state index contributed by atoms with van der Waals surface area (Å²) in [5.41, 5.74) is 0. The Morgan fingerprint density at radius 1 is 1.67 bits per heavy atom. The fraction of sp³-hybridized carbons (Fsp3) is 0.600. The average Bonchev–Trinajstić information content (AvgIpc) is 1.63. The average molecular weight is 134 g/mol. The SMILES string of the molecule is CC(F)C(=O)CC(=O)O. The van der Waals surface area contributed by atoms with E-state index in [4.69, 9.17) is 5.11 Å². The molecule has 0 aliphatic heterocycles. The van der Waals surface area contributed by atoms with Gasteiger partial charge in [0.15, 0.2) is 12.0 Å². The van der Waals surface area contributed by atoms with E-state index in [1.807, 2.05) is 0 Å². The molecule has 1 atom stereocenters. The van der Waals surface area contributed by atoms with Crippen LogP contribution in [-0.4, -0.2) is 23.0 Å². The number of hydrogen-bond donors (Lipinski definition) is 1. The van der Waals surface area contributed by atoms with Crippen LogP contribution in [0.4, 0.5) is 4.39 Å². The van der Waals surface area contributed by atoms with E-state index < -0.39 is 24.3 Å². The Bertz CT molecular complexity index is 130. The van der Waals surface area contributed by atoms with Crippen molar-refractivity contribution in [3.05, 3.63) is 0 Å². The first-order valence-electron chi connectivity index (χ1n) is 2.42. The Balaban J connectivity index is 3.64. The number of carboxylic acid groups (broad SMARTS) is 1. The van der Waals surface area contributed by atoms with Crippen LogP contribution in [0, 0.1) is 0 Å². The molecule has 0 spiro atoms. The molecule has 0 fully saturated rings. The third-order valence-electron chi connectivity index (χ3n) is 0.769. The van der Waals surface area contributed by atoms with Crippen LogP contribution < -0.4 is 0 Å². The maximum Gasteiger partial charge on any atom is 0.310 e. The zero-order chi connectivity index (χ0) is 7.44. The van der Waals surface area contributed by atoms with E-state index in [1.165, 1.54) is 0 Å². The fourth-order valence-electron chi connectivity index (χ4n) is 0.290. The highest BCUT2D eigenvalue weighted by atomic mass is 19.1. The Hall–Kier alpha value is -0.930. The van der Waals surface area contributed by atoms with Crippen molar-refractivity contribution >= 4 is 11.8 Å². The minimum atomic E-state index is -1.67. The molecule has 0 heterocycles. The molecule has 52 valence electrons. The van der Waals surface area contributed by atoms with E-state index >= 15 is 0 Å². The summed E-state index contributed by atoms with van der Waals surface area (Å²) in [5, 5.41) is 7.95. The lowest BCUT2D eigenvalue weighted by molar-refractivity contribution is -0.141. The first kappa shape index (κ1) is 8.07. The van der Waals surface area contributed by atoms with Gasteiger partial charge in [-0.05, 0) is 6.92 Å². The van der Waals surface area contributed by atoms with Crippen molar-refractivity contribution in [2.24, 2.45) is 0 Å². The Morgan fingerprint density at radius 3 is 2.22 bits per heavy atom. The number of aliphatic carboxylic acids is 1. The number of carbonyl (C=O) groups is 2. The number of rotatable bonds is 3. The molecule has 0 aromatic heterocycles. The highest BCUT2D eigenvalue weighted by molar-refractivity contribution is 5.96. The molecular formula is C5H7FO3. The van der Waals surface area contributed by atoms with Crippen molar-refractivity contribution in [1.82, 2.24) is 0 Å². The van der Waals surface area contributed by atoms with Gasteiger partial charge in [0.2, 0.25) is 0 Å². The molecule has 0 bridgehead atoms. The summed E-state index contributed by atoms with van der Waals surface area (Å²) >= 11 is 0. The predicted molar refractivity (Wildman–Crippen MR) is 27.8 cm³/mol. The monoisotopic (exact) mass is 134 g/mol. The number of ketones is 1. The van der Waals surface area contributed by atoms with E-state index in [-0.39, 0.29) is 0 Å². The third kappa shape index (κ3) is 3.64. The molecule has 0 rings (SSSR count). The fourth-order valence-corrected chi connectivity index (χ4v) is 0.290. The molecule has 0 amide bonds. The molecule has 0 aliphatic rings. The van der Waals surface area contributed by atoms with Crippen molar-refractivity contribution in [3.63, 3.8) is 0 Å². The van der Waals surface area contributed by atoms with Crippen LogP contribution in [0.2, 0.25) is 0 Å². The number of halogens is 1. The van der Waals surface area contributed by atoms with Gasteiger partial charge >= 0.3 is 5.97 Å². The molecule has 1 N–H and O–H groups in total. The Kier molecular flexibility index (Phi) is 2.84. The number of carbonyl (C=O) groups excluding carboxylic acids is 1. The molecule has 9 heavy (non-hydrogen) atoms. The maximum absolute atomic E-state index is 11.8. The maximum atomic E-state index is 11.8. The summed E-state index contributed by atoms with van der Waals surface area (Å²) in [6.45, 7) is 1.02. The van der Waals surface area contributed by atoms with Gasteiger partial charge in [-0.25, -0.2) is 4.39 Å². The van der Waals surface area contributed by atoms with Gasteiger partial charge in [0, 0.05) is 0 Å². The molecule has 1 unspecified atom stereocenters. The molecule has 0 aromatic rings. The lowest BCUT2D eigenvalue weighted by Crippen LogP contribution is -2.15. The minimum Gasteiger partial charge on any atom is -0.481 e. The largest absolute Gasteiger partial charge is 0.481 e. The van der Waals surface area contributed by atoms with Crippen molar-refractivity contribution in [2.45, 2.75) is 19.5 Å². The van der Waals surface area contributed by atoms with Crippen molar-refractivity contribution in [3.8, 4) is 0 Å². The standard InChI is InChI=1S/C5H7FO3/c1-3(6)4(7)2-5(8)9/h3H,2H2,1H3,(H,8,9). The van der Waals surface area contributed by atoms with Crippen LogP contribution in [0.5, 0.6) is 0 Å². The summed E-state index contributed by atoms with van der Waals surface area (Å²) in [6, 6.07) is 0. The van der Waals surface area contributed by atoms with Gasteiger partial charge in [-0.2, -0.15) is 0 Å². The first-order valence-corrected chi connectivity index (χ1v) is 2.42. The number of hydrogen-bond acceptors (Lipinski definition) is 2. The zero-order valence-electron chi connectivity index (χ0n) is 4.93.